The first-order valence-electron chi connectivity index (χ1n) is 4.55. The average molecular weight is 286 g/mol. The fourth-order valence-corrected chi connectivity index (χ4v) is 2.12. The Bertz CT molecular complexity index is 407. The number of nitrogens with one attached hydrogen (secondary N) is 1. The van der Waals surface area contributed by atoms with Crippen molar-refractivity contribution in [2.24, 2.45) is 0 Å². The molecular formula is C11H12BrNOS. The van der Waals surface area contributed by atoms with Crippen LogP contribution in [0.1, 0.15) is 30.6 Å². The van der Waals surface area contributed by atoms with E-state index in [4.69, 9.17) is 6.42 Å². The normalized spacial score (nSPS) is 14.0. The van der Waals surface area contributed by atoms with E-state index in [9.17, 15) is 4.79 Å². The van der Waals surface area contributed by atoms with Crippen molar-refractivity contribution >= 4 is 33.2 Å². The van der Waals surface area contributed by atoms with Gasteiger partial charge in [0.05, 0.1) is 14.9 Å². The second kappa shape index (κ2) is 4.82. The van der Waals surface area contributed by atoms with Crippen molar-refractivity contribution in [3.05, 3.63) is 20.8 Å². The third-order valence-corrected chi connectivity index (χ3v) is 3.75. The van der Waals surface area contributed by atoms with Crippen LogP contribution in [0.3, 0.4) is 0 Å². The third kappa shape index (κ3) is 3.08. The van der Waals surface area contributed by atoms with Gasteiger partial charge in [-0.25, -0.2) is 0 Å². The van der Waals surface area contributed by atoms with Crippen molar-refractivity contribution in [3.8, 4) is 12.3 Å². The molecule has 0 saturated heterocycles. The van der Waals surface area contributed by atoms with Crippen LogP contribution in [0.5, 0.6) is 0 Å². The summed E-state index contributed by atoms with van der Waals surface area (Å²) >= 11 is 4.79. The van der Waals surface area contributed by atoms with E-state index in [-0.39, 0.29) is 5.91 Å². The standard InChI is InChI=1S/C11H12BrNOS/c1-4-11(3,5-2)13-10(14)8-6-9(12)15-7-8/h1,6-7H,5H2,2-3H3,(H,13,14). The van der Waals surface area contributed by atoms with Crippen LogP contribution in [0.15, 0.2) is 15.2 Å². The number of terminal acetylenes is 1. The Balaban J connectivity index is 2.76. The zero-order chi connectivity index (χ0) is 11.5. The van der Waals surface area contributed by atoms with Crippen LogP contribution in [-0.4, -0.2) is 11.4 Å². The Labute approximate surface area is 102 Å². The summed E-state index contributed by atoms with van der Waals surface area (Å²) in [4.78, 5) is 11.8. The molecule has 0 fully saturated rings. The van der Waals surface area contributed by atoms with E-state index < -0.39 is 5.54 Å². The summed E-state index contributed by atoms with van der Waals surface area (Å²) in [5.74, 6) is 2.47. The number of hydrogen-bond acceptors (Lipinski definition) is 2. The lowest BCUT2D eigenvalue weighted by atomic mass is 10.00. The molecule has 1 aromatic heterocycles. The summed E-state index contributed by atoms with van der Waals surface area (Å²) < 4.78 is 0.937. The van der Waals surface area contributed by atoms with Crippen LogP contribution >= 0.6 is 27.3 Å². The fraction of sp³-hybridized carbons (Fsp3) is 0.364. The summed E-state index contributed by atoms with van der Waals surface area (Å²) in [5.41, 5.74) is 0.0766. The number of rotatable bonds is 3. The van der Waals surface area contributed by atoms with Crippen LogP contribution < -0.4 is 5.32 Å². The van der Waals surface area contributed by atoms with Gasteiger partial charge in [0.2, 0.25) is 0 Å². The highest BCUT2D eigenvalue weighted by atomic mass is 79.9. The molecule has 1 heterocycles. The molecule has 15 heavy (non-hydrogen) atoms. The minimum Gasteiger partial charge on any atom is -0.336 e. The molecule has 2 nitrogen and oxygen atoms in total. The van der Waals surface area contributed by atoms with E-state index in [2.05, 4.69) is 27.2 Å². The first-order chi connectivity index (χ1) is 7.00. The van der Waals surface area contributed by atoms with Gasteiger partial charge >= 0.3 is 0 Å². The molecule has 0 saturated carbocycles. The van der Waals surface area contributed by atoms with Crippen LogP contribution in [-0.2, 0) is 0 Å². The topological polar surface area (TPSA) is 29.1 Å². The molecule has 1 rings (SSSR count). The zero-order valence-corrected chi connectivity index (χ0v) is 11.0. The minimum atomic E-state index is -0.564. The lowest BCUT2D eigenvalue weighted by Gasteiger charge is -2.22. The zero-order valence-electron chi connectivity index (χ0n) is 8.63. The number of amides is 1. The average Bonchev–Trinajstić information content (AvgIpc) is 2.65. The van der Waals surface area contributed by atoms with Crippen molar-refractivity contribution in [1.29, 1.82) is 0 Å². The Morgan fingerprint density at radius 3 is 2.87 bits per heavy atom. The predicted molar refractivity (Wildman–Crippen MR) is 67.0 cm³/mol. The highest BCUT2D eigenvalue weighted by Gasteiger charge is 2.22. The van der Waals surface area contributed by atoms with E-state index in [1.54, 1.807) is 11.4 Å². The first kappa shape index (κ1) is 12.3. The van der Waals surface area contributed by atoms with Crippen LogP contribution in [0, 0.1) is 12.3 Å². The van der Waals surface area contributed by atoms with E-state index in [1.165, 1.54) is 11.3 Å². The minimum absolute atomic E-state index is 0.126. The molecule has 0 bridgehead atoms. The maximum Gasteiger partial charge on any atom is 0.253 e. The fourth-order valence-electron chi connectivity index (χ4n) is 0.978. The van der Waals surface area contributed by atoms with Gasteiger partial charge in [-0.2, -0.15) is 0 Å². The van der Waals surface area contributed by atoms with Crippen LogP contribution in [0.4, 0.5) is 0 Å². The Morgan fingerprint density at radius 2 is 2.47 bits per heavy atom. The highest BCUT2D eigenvalue weighted by Crippen LogP contribution is 2.21. The molecule has 1 unspecified atom stereocenters. The van der Waals surface area contributed by atoms with Crippen molar-refractivity contribution in [3.63, 3.8) is 0 Å². The van der Waals surface area contributed by atoms with Gasteiger partial charge in [0.15, 0.2) is 0 Å². The van der Waals surface area contributed by atoms with Gasteiger partial charge in [0.25, 0.3) is 5.91 Å². The first-order valence-corrected chi connectivity index (χ1v) is 6.22. The predicted octanol–water partition coefficient (Wildman–Crippen LogP) is 3.04. The van der Waals surface area contributed by atoms with Gasteiger partial charge in [0, 0.05) is 5.38 Å². The molecule has 1 atom stereocenters. The summed E-state index contributed by atoms with van der Waals surface area (Å²) in [6, 6.07) is 1.78. The van der Waals surface area contributed by atoms with Gasteiger partial charge in [-0.15, -0.1) is 17.8 Å². The maximum atomic E-state index is 11.8. The summed E-state index contributed by atoms with van der Waals surface area (Å²) in [6.45, 7) is 3.79. The van der Waals surface area contributed by atoms with Crippen LogP contribution in [0.2, 0.25) is 0 Å². The molecular weight excluding hydrogens is 274 g/mol. The second-order valence-corrected chi connectivity index (χ2v) is 5.71. The summed E-state index contributed by atoms with van der Waals surface area (Å²) in [5, 5.41) is 4.63. The van der Waals surface area contributed by atoms with Crippen LogP contribution in [0.25, 0.3) is 0 Å². The monoisotopic (exact) mass is 285 g/mol. The van der Waals surface area contributed by atoms with Gasteiger partial charge in [-0.3, -0.25) is 4.79 Å². The van der Waals surface area contributed by atoms with E-state index in [0.29, 0.717) is 12.0 Å². The van der Waals surface area contributed by atoms with Gasteiger partial charge in [-0.1, -0.05) is 12.8 Å². The van der Waals surface area contributed by atoms with E-state index in [0.717, 1.165) is 3.79 Å². The van der Waals surface area contributed by atoms with E-state index in [1.807, 2.05) is 13.8 Å². The lowest BCUT2D eigenvalue weighted by Crippen LogP contribution is -2.44. The molecule has 0 spiro atoms. The number of halogens is 1. The van der Waals surface area contributed by atoms with E-state index >= 15 is 0 Å². The van der Waals surface area contributed by atoms with Crippen molar-refractivity contribution in [2.75, 3.05) is 0 Å². The van der Waals surface area contributed by atoms with Crippen molar-refractivity contribution in [2.45, 2.75) is 25.8 Å². The van der Waals surface area contributed by atoms with Gasteiger partial charge in [-0.05, 0) is 35.3 Å². The maximum absolute atomic E-state index is 11.8. The molecule has 1 aromatic rings. The Hall–Kier alpha value is -0.790. The summed E-state index contributed by atoms with van der Waals surface area (Å²) in [7, 11) is 0. The Kier molecular flexibility index (Phi) is 3.95. The molecule has 80 valence electrons. The molecule has 0 aliphatic carbocycles. The van der Waals surface area contributed by atoms with Crippen molar-refractivity contribution < 1.29 is 4.79 Å². The molecule has 4 heteroatoms. The number of carbonyl (C=O) groups excluding carboxylic acids is 1. The highest BCUT2D eigenvalue weighted by molar-refractivity contribution is 9.11. The molecule has 1 amide bonds. The van der Waals surface area contributed by atoms with Gasteiger partial charge < -0.3 is 5.32 Å². The number of carbonyl (C=O) groups is 1. The SMILES string of the molecule is C#CC(C)(CC)NC(=O)c1csc(Br)c1. The molecule has 0 aromatic carbocycles. The lowest BCUT2D eigenvalue weighted by molar-refractivity contribution is 0.0924. The number of hydrogen-bond donors (Lipinski definition) is 1. The quantitative estimate of drug-likeness (QED) is 0.850. The molecule has 0 aliphatic rings. The molecule has 0 radical (unpaired) electrons. The summed E-state index contributed by atoms with van der Waals surface area (Å²) in [6.07, 6.45) is 6.09. The second-order valence-electron chi connectivity index (χ2n) is 3.42. The van der Waals surface area contributed by atoms with Crippen molar-refractivity contribution in [1.82, 2.24) is 5.32 Å². The third-order valence-electron chi connectivity index (χ3n) is 2.24. The Morgan fingerprint density at radius 1 is 1.80 bits per heavy atom. The molecule has 0 aliphatic heterocycles. The van der Waals surface area contributed by atoms with Gasteiger partial charge in [0.1, 0.15) is 0 Å². The smallest absolute Gasteiger partial charge is 0.253 e. The largest absolute Gasteiger partial charge is 0.336 e. The number of thiophene rings is 1. The molecule has 1 N–H and O–H groups in total.